The lowest BCUT2D eigenvalue weighted by atomic mass is 9.93. The molecule has 3 amide bonds. The molecule has 1 heterocycles. The minimum absolute atomic E-state index is 0.237. The van der Waals surface area contributed by atoms with Gasteiger partial charge in [0.15, 0.2) is 0 Å². The topological polar surface area (TPSA) is 131 Å². The summed E-state index contributed by atoms with van der Waals surface area (Å²) in [4.78, 5) is 34.4. The van der Waals surface area contributed by atoms with Crippen LogP contribution in [0.15, 0.2) is 24.3 Å². The second kappa shape index (κ2) is 8.30. The quantitative estimate of drug-likeness (QED) is 0.600. The fourth-order valence-corrected chi connectivity index (χ4v) is 2.60. The Kier molecular flexibility index (Phi) is 6.14. The molecule has 0 bridgehead atoms. The molecule has 8 heteroatoms. The molecule has 1 aromatic rings. The number of primary amides is 1. The Morgan fingerprint density at radius 1 is 1.29 bits per heavy atom. The number of rotatable bonds is 6. The number of aliphatic carboxylic acids is 1. The molecular formula is C16H21N3O5. The van der Waals surface area contributed by atoms with E-state index in [1.165, 1.54) is 0 Å². The molecule has 1 fully saturated rings. The lowest BCUT2D eigenvalue weighted by molar-refractivity contribution is -0.142. The van der Waals surface area contributed by atoms with E-state index in [4.69, 9.17) is 10.5 Å². The number of carboxylic acid groups (broad SMARTS) is 1. The Morgan fingerprint density at radius 3 is 2.54 bits per heavy atom. The van der Waals surface area contributed by atoms with Crippen LogP contribution in [0.1, 0.15) is 28.8 Å². The van der Waals surface area contributed by atoms with Crippen molar-refractivity contribution >= 4 is 17.9 Å². The van der Waals surface area contributed by atoms with E-state index >= 15 is 0 Å². The van der Waals surface area contributed by atoms with Gasteiger partial charge < -0.3 is 26.2 Å². The summed E-state index contributed by atoms with van der Waals surface area (Å²) in [7, 11) is 0. The number of carbonyl (C=O) groups is 3. The van der Waals surface area contributed by atoms with Gasteiger partial charge in [-0.05, 0) is 30.5 Å². The molecule has 8 nitrogen and oxygen atoms in total. The highest BCUT2D eigenvalue weighted by molar-refractivity contribution is 5.96. The van der Waals surface area contributed by atoms with E-state index in [9.17, 15) is 19.5 Å². The highest BCUT2D eigenvalue weighted by Crippen LogP contribution is 2.18. The predicted molar refractivity (Wildman–Crippen MR) is 85.3 cm³/mol. The van der Waals surface area contributed by atoms with Gasteiger partial charge >= 0.3 is 12.0 Å². The third-order valence-corrected chi connectivity index (χ3v) is 3.90. The summed E-state index contributed by atoms with van der Waals surface area (Å²) in [5, 5.41) is 14.4. The zero-order valence-corrected chi connectivity index (χ0v) is 13.2. The van der Waals surface area contributed by atoms with Crippen LogP contribution in [0.2, 0.25) is 0 Å². The van der Waals surface area contributed by atoms with E-state index in [1.807, 2.05) is 0 Å². The maximum atomic E-state index is 12.3. The molecule has 130 valence electrons. The summed E-state index contributed by atoms with van der Waals surface area (Å²) in [6.07, 6.45) is 1.49. The van der Waals surface area contributed by atoms with Crippen molar-refractivity contribution < 1.29 is 24.2 Å². The number of hydrogen-bond donors (Lipinski definition) is 4. The molecule has 2 unspecified atom stereocenters. The van der Waals surface area contributed by atoms with Gasteiger partial charge in [0.2, 0.25) is 0 Å². The first-order valence-electron chi connectivity index (χ1n) is 7.71. The van der Waals surface area contributed by atoms with Gasteiger partial charge in [-0.15, -0.1) is 0 Å². The number of urea groups is 1. The van der Waals surface area contributed by atoms with Crippen molar-refractivity contribution in [2.75, 3.05) is 13.2 Å². The highest BCUT2D eigenvalue weighted by Gasteiger charge is 2.31. The summed E-state index contributed by atoms with van der Waals surface area (Å²) < 4.78 is 5.30. The van der Waals surface area contributed by atoms with Crippen molar-refractivity contribution in [3.63, 3.8) is 0 Å². The van der Waals surface area contributed by atoms with E-state index < -0.39 is 23.9 Å². The Hall–Kier alpha value is -2.61. The van der Waals surface area contributed by atoms with Crippen molar-refractivity contribution in [1.29, 1.82) is 0 Å². The SMILES string of the molecule is NC(=O)NCc1ccc(C(=O)NC(C(=O)O)C2CCCOC2)cc1. The van der Waals surface area contributed by atoms with Gasteiger partial charge in [-0.1, -0.05) is 12.1 Å². The maximum Gasteiger partial charge on any atom is 0.326 e. The van der Waals surface area contributed by atoms with Crippen molar-refractivity contribution in [3.8, 4) is 0 Å². The molecule has 1 saturated heterocycles. The minimum Gasteiger partial charge on any atom is -0.480 e. The number of carbonyl (C=O) groups excluding carboxylic acids is 2. The maximum absolute atomic E-state index is 12.3. The van der Waals surface area contributed by atoms with Gasteiger partial charge in [-0.3, -0.25) is 4.79 Å². The van der Waals surface area contributed by atoms with Gasteiger partial charge in [0.05, 0.1) is 6.61 Å². The minimum atomic E-state index is -1.07. The molecule has 1 aromatic carbocycles. The smallest absolute Gasteiger partial charge is 0.326 e. The van der Waals surface area contributed by atoms with Crippen LogP contribution in [-0.4, -0.2) is 42.3 Å². The van der Waals surface area contributed by atoms with Crippen LogP contribution in [0.5, 0.6) is 0 Å². The predicted octanol–water partition coefficient (Wildman–Crippen LogP) is 0.464. The summed E-state index contributed by atoms with van der Waals surface area (Å²) in [5.74, 6) is -1.76. The molecule has 5 N–H and O–H groups in total. The normalized spacial score (nSPS) is 18.4. The molecule has 1 aliphatic heterocycles. The first-order valence-corrected chi connectivity index (χ1v) is 7.71. The second-order valence-corrected chi connectivity index (χ2v) is 5.68. The zero-order valence-electron chi connectivity index (χ0n) is 13.2. The van der Waals surface area contributed by atoms with Gasteiger partial charge in [-0.2, -0.15) is 0 Å². The average Bonchev–Trinajstić information content (AvgIpc) is 2.58. The lowest BCUT2D eigenvalue weighted by Gasteiger charge is -2.28. The zero-order chi connectivity index (χ0) is 17.5. The van der Waals surface area contributed by atoms with Gasteiger partial charge in [-0.25, -0.2) is 9.59 Å². The van der Waals surface area contributed by atoms with Gasteiger partial charge in [0.25, 0.3) is 5.91 Å². The number of ether oxygens (including phenoxy) is 1. The summed E-state index contributed by atoms with van der Waals surface area (Å²) in [5.41, 5.74) is 6.12. The molecule has 1 aliphatic rings. The number of nitrogens with two attached hydrogens (primary N) is 1. The summed E-state index contributed by atoms with van der Waals surface area (Å²) in [6, 6.07) is 4.88. The molecule has 0 radical (unpaired) electrons. The van der Waals surface area contributed by atoms with E-state index in [2.05, 4.69) is 10.6 Å². The third-order valence-electron chi connectivity index (χ3n) is 3.90. The Bertz CT molecular complexity index is 596. The fraction of sp³-hybridized carbons (Fsp3) is 0.438. The molecule has 0 spiro atoms. The molecule has 2 rings (SSSR count). The monoisotopic (exact) mass is 335 g/mol. The van der Waals surface area contributed by atoms with Crippen molar-refractivity contribution in [2.45, 2.75) is 25.4 Å². The van der Waals surface area contributed by atoms with Crippen molar-refractivity contribution in [2.24, 2.45) is 11.7 Å². The first-order chi connectivity index (χ1) is 11.5. The summed E-state index contributed by atoms with van der Waals surface area (Å²) in [6.45, 7) is 1.21. The van der Waals surface area contributed by atoms with Crippen LogP contribution in [0, 0.1) is 5.92 Å². The van der Waals surface area contributed by atoms with E-state index in [1.54, 1.807) is 24.3 Å². The van der Waals surface area contributed by atoms with Crippen LogP contribution in [0.4, 0.5) is 4.79 Å². The number of amides is 3. The largest absolute Gasteiger partial charge is 0.480 e. The van der Waals surface area contributed by atoms with E-state index in [-0.39, 0.29) is 12.5 Å². The van der Waals surface area contributed by atoms with E-state index in [0.29, 0.717) is 25.2 Å². The molecular weight excluding hydrogens is 314 g/mol. The van der Waals surface area contributed by atoms with Crippen LogP contribution in [0.3, 0.4) is 0 Å². The molecule has 2 atom stereocenters. The number of hydrogen-bond acceptors (Lipinski definition) is 4. The number of nitrogens with one attached hydrogen (secondary N) is 2. The molecule has 0 aliphatic carbocycles. The second-order valence-electron chi connectivity index (χ2n) is 5.68. The van der Waals surface area contributed by atoms with Crippen molar-refractivity contribution in [1.82, 2.24) is 10.6 Å². The summed E-state index contributed by atoms with van der Waals surface area (Å²) >= 11 is 0. The van der Waals surface area contributed by atoms with Crippen molar-refractivity contribution in [3.05, 3.63) is 35.4 Å². The van der Waals surface area contributed by atoms with Crippen LogP contribution < -0.4 is 16.4 Å². The van der Waals surface area contributed by atoms with Crippen LogP contribution >= 0.6 is 0 Å². The van der Waals surface area contributed by atoms with Gasteiger partial charge in [0, 0.05) is 24.6 Å². The Morgan fingerprint density at radius 2 is 2.00 bits per heavy atom. The molecule has 24 heavy (non-hydrogen) atoms. The Balaban J connectivity index is 1.98. The highest BCUT2D eigenvalue weighted by atomic mass is 16.5. The molecule has 0 aromatic heterocycles. The standard InChI is InChI=1S/C16H21N3O5/c17-16(23)18-8-10-3-5-11(6-4-10)14(20)19-13(15(21)22)12-2-1-7-24-9-12/h3-6,12-13H,1-2,7-9H2,(H,19,20)(H,21,22)(H3,17,18,23). The number of benzene rings is 1. The van der Waals surface area contributed by atoms with Crippen LogP contribution in [-0.2, 0) is 16.1 Å². The average molecular weight is 335 g/mol. The first kappa shape index (κ1) is 17.7. The fourth-order valence-electron chi connectivity index (χ4n) is 2.60. The van der Waals surface area contributed by atoms with E-state index in [0.717, 1.165) is 12.0 Å². The van der Waals surface area contributed by atoms with Gasteiger partial charge in [0.1, 0.15) is 6.04 Å². The third kappa shape index (κ3) is 4.95. The molecule has 0 saturated carbocycles. The number of carboxylic acids is 1. The lowest BCUT2D eigenvalue weighted by Crippen LogP contribution is -2.48. The Labute approximate surface area is 139 Å². The van der Waals surface area contributed by atoms with Crippen LogP contribution in [0.25, 0.3) is 0 Å².